The number of anilines is 1. The summed E-state index contributed by atoms with van der Waals surface area (Å²) >= 11 is 0. The van der Waals surface area contributed by atoms with Crippen molar-refractivity contribution in [3.8, 4) is 6.07 Å². The zero-order chi connectivity index (χ0) is 19.4. The molecule has 0 spiro atoms. The van der Waals surface area contributed by atoms with Gasteiger partial charge >= 0.3 is 6.18 Å². The van der Waals surface area contributed by atoms with Gasteiger partial charge in [-0.05, 0) is 62.8 Å². The monoisotopic (exact) mass is 380 g/mol. The Balaban J connectivity index is 1.54. The summed E-state index contributed by atoms with van der Waals surface area (Å²) in [6.07, 6.45) is 1.40. The number of alkyl halides is 3. The second-order valence-corrected chi connectivity index (χ2v) is 7.78. The van der Waals surface area contributed by atoms with E-state index >= 15 is 0 Å². The van der Waals surface area contributed by atoms with Crippen LogP contribution in [0.2, 0.25) is 0 Å². The zero-order valence-electron chi connectivity index (χ0n) is 15.5. The van der Waals surface area contributed by atoms with E-state index in [-0.39, 0.29) is 5.56 Å². The Morgan fingerprint density at radius 1 is 1.04 bits per heavy atom. The van der Waals surface area contributed by atoms with E-state index < -0.39 is 11.7 Å². The van der Waals surface area contributed by atoms with Crippen LogP contribution in [0.15, 0.2) is 18.2 Å². The highest BCUT2D eigenvalue weighted by molar-refractivity contribution is 5.55. The van der Waals surface area contributed by atoms with E-state index in [2.05, 4.69) is 4.90 Å². The topological polar surface area (TPSA) is 56.3 Å². The van der Waals surface area contributed by atoms with Gasteiger partial charge in [0, 0.05) is 37.9 Å². The average molecular weight is 380 g/mol. The molecule has 1 heterocycles. The van der Waals surface area contributed by atoms with Crippen molar-refractivity contribution in [1.82, 2.24) is 4.90 Å². The minimum Gasteiger partial charge on any atom is -0.369 e. The molecule has 1 aromatic carbocycles. The molecular weight excluding hydrogens is 353 g/mol. The third-order valence-corrected chi connectivity index (χ3v) is 5.86. The quantitative estimate of drug-likeness (QED) is 0.867. The first-order chi connectivity index (χ1) is 12.8. The molecule has 1 aromatic rings. The van der Waals surface area contributed by atoms with Gasteiger partial charge in [0.15, 0.2) is 0 Å². The number of nitriles is 1. The minimum absolute atomic E-state index is 0.0535. The summed E-state index contributed by atoms with van der Waals surface area (Å²) in [5.74, 6) is 0.754. The largest absolute Gasteiger partial charge is 0.416 e. The number of nitrogens with two attached hydrogens (primary N) is 1. The fourth-order valence-electron chi connectivity index (χ4n) is 4.09. The van der Waals surface area contributed by atoms with Gasteiger partial charge in [-0.25, -0.2) is 0 Å². The number of nitrogens with zero attached hydrogens (tertiary/aromatic N) is 3. The van der Waals surface area contributed by atoms with Crippen molar-refractivity contribution in [3.05, 3.63) is 29.3 Å². The molecule has 0 amide bonds. The average Bonchev–Trinajstić information content (AvgIpc) is 2.67. The molecule has 7 heteroatoms. The molecule has 1 saturated carbocycles. The van der Waals surface area contributed by atoms with E-state index in [1.54, 1.807) is 6.07 Å². The van der Waals surface area contributed by atoms with Crippen LogP contribution in [0.25, 0.3) is 0 Å². The molecule has 2 fully saturated rings. The SMILES string of the molecule is N#Cc1cc(N2CCN(CCC3CCC(N)CC3)CC2)cc(C(F)(F)F)c1. The molecule has 0 radical (unpaired) electrons. The molecule has 0 atom stereocenters. The first-order valence-corrected chi connectivity index (χ1v) is 9.70. The van der Waals surface area contributed by atoms with Gasteiger partial charge in [-0.15, -0.1) is 0 Å². The van der Waals surface area contributed by atoms with Crippen molar-refractivity contribution in [2.45, 2.75) is 44.3 Å². The molecule has 1 aliphatic heterocycles. The van der Waals surface area contributed by atoms with E-state index in [9.17, 15) is 13.2 Å². The van der Waals surface area contributed by atoms with Crippen LogP contribution in [0.3, 0.4) is 0 Å². The fourth-order valence-corrected chi connectivity index (χ4v) is 4.09. The lowest BCUT2D eigenvalue weighted by molar-refractivity contribution is -0.137. The van der Waals surface area contributed by atoms with E-state index in [0.29, 0.717) is 24.8 Å². The van der Waals surface area contributed by atoms with Gasteiger partial charge in [0.1, 0.15) is 0 Å². The predicted molar refractivity (Wildman–Crippen MR) is 99.4 cm³/mol. The summed E-state index contributed by atoms with van der Waals surface area (Å²) in [7, 11) is 0. The van der Waals surface area contributed by atoms with E-state index in [1.165, 1.54) is 19.3 Å². The lowest BCUT2D eigenvalue weighted by Gasteiger charge is -2.37. The van der Waals surface area contributed by atoms with Crippen LogP contribution < -0.4 is 10.6 Å². The number of rotatable bonds is 4. The second-order valence-electron chi connectivity index (χ2n) is 7.78. The van der Waals surface area contributed by atoms with Crippen LogP contribution in [-0.4, -0.2) is 43.7 Å². The Bertz CT molecular complexity index is 667. The Labute approximate surface area is 158 Å². The van der Waals surface area contributed by atoms with Crippen molar-refractivity contribution in [2.24, 2.45) is 11.7 Å². The lowest BCUT2D eigenvalue weighted by Crippen LogP contribution is -2.47. The van der Waals surface area contributed by atoms with Gasteiger partial charge in [-0.2, -0.15) is 18.4 Å². The van der Waals surface area contributed by atoms with Gasteiger partial charge in [0.25, 0.3) is 0 Å². The maximum absolute atomic E-state index is 13.1. The summed E-state index contributed by atoms with van der Waals surface area (Å²) in [6, 6.07) is 5.83. The zero-order valence-corrected chi connectivity index (χ0v) is 15.5. The molecule has 2 N–H and O–H groups in total. The lowest BCUT2D eigenvalue weighted by atomic mass is 9.84. The van der Waals surface area contributed by atoms with Crippen LogP contribution in [0.1, 0.15) is 43.2 Å². The molecule has 27 heavy (non-hydrogen) atoms. The smallest absolute Gasteiger partial charge is 0.369 e. The van der Waals surface area contributed by atoms with Crippen LogP contribution in [0, 0.1) is 17.2 Å². The van der Waals surface area contributed by atoms with Crippen molar-refractivity contribution >= 4 is 5.69 Å². The fraction of sp³-hybridized carbons (Fsp3) is 0.650. The number of piperazine rings is 1. The Morgan fingerprint density at radius 2 is 1.70 bits per heavy atom. The van der Waals surface area contributed by atoms with Gasteiger partial charge in [-0.1, -0.05) is 0 Å². The van der Waals surface area contributed by atoms with Gasteiger partial charge in [-0.3, -0.25) is 4.90 Å². The molecule has 2 aliphatic rings. The predicted octanol–water partition coefficient (Wildman–Crippen LogP) is 3.61. The molecule has 1 saturated heterocycles. The summed E-state index contributed by atoms with van der Waals surface area (Å²) in [6.45, 7) is 4.08. The van der Waals surface area contributed by atoms with Crippen LogP contribution in [-0.2, 0) is 6.18 Å². The first-order valence-electron chi connectivity index (χ1n) is 9.70. The standard InChI is InChI=1S/C20H27F3N4/c21-20(22,23)17-11-16(14-24)12-19(13-17)27-9-7-26(8-10-27)6-5-15-1-3-18(25)4-2-15/h11-13,15,18H,1-10,25H2. The Hall–Kier alpha value is -1.78. The van der Waals surface area contributed by atoms with Crippen molar-refractivity contribution in [3.63, 3.8) is 0 Å². The summed E-state index contributed by atoms with van der Waals surface area (Å²) in [4.78, 5) is 4.34. The third-order valence-electron chi connectivity index (χ3n) is 5.86. The van der Waals surface area contributed by atoms with Gasteiger partial charge in [0.05, 0.1) is 17.2 Å². The van der Waals surface area contributed by atoms with Crippen molar-refractivity contribution in [1.29, 1.82) is 5.26 Å². The maximum Gasteiger partial charge on any atom is 0.416 e. The molecular formula is C20H27F3N4. The van der Waals surface area contributed by atoms with E-state index in [0.717, 1.165) is 50.5 Å². The molecule has 4 nitrogen and oxygen atoms in total. The van der Waals surface area contributed by atoms with Crippen LogP contribution >= 0.6 is 0 Å². The van der Waals surface area contributed by atoms with Crippen molar-refractivity contribution < 1.29 is 13.2 Å². The highest BCUT2D eigenvalue weighted by Crippen LogP contribution is 2.33. The normalized spacial score (nSPS) is 24.6. The highest BCUT2D eigenvalue weighted by Gasteiger charge is 2.32. The third kappa shape index (κ3) is 5.36. The minimum atomic E-state index is -4.44. The van der Waals surface area contributed by atoms with Gasteiger partial charge < -0.3 is 10.6 Å². The van der Waals surface area contributed by atoms with Gasteiger partial charge in [0.2, 0.25) is 0 Å². The van der Waals surface area contributed by atoms with E-state index in [1.807, 2.05) is 11.0 Å². The first kappa shape index (κ1) is 20.0. The maximum atomic E-state index is 13.1. The summed E-state index contributed by atoms with van der Waals surface area (Å²) in [5, 5.41) is 9.05. The van der Waals surface area contributed by atoms with Crippen LogP contribution in [0.4, 0.5) is 18.9 Å². The second kappa shape index (κ2) is 8.49. The van der Waals surface area contributed by atoms with Crippen molar-refractivity contribution in [2.75, 3.05) is 37.6 Å². The Morgan fingerprint density at radius 3 is 2.30 bits per heavy atom. The molecule has 3 rings (SSSR count). The van der Waals surface area contributed by atoms with E-state index in [4.69, 9.17) is 11.0 Å². The number of hydrogen-bond donors (Lipinski definition) is 1. The van der Waals surface area contributed by atoms with Crippen LogP contribution in [0.5, 0.6) is 0 Å². The number of hydrogen-bond acceptors (Lipinski definition) is 4. The molecule has 0 unspecified atom stereocenters. The highest BCUT2D eigenvalue weighted by atomic mass is 19.4. The summed E-state index contributed by atoms with van der Waals surface area (Å²) in [5.41, 5.74) is 5.74. The summed E-state index contributed by atoms with van der Waals surface area (Å²) < 4.78 is 39.2. The molecule has 1 aliphatic carbocycles. The molecule has 0 aromatic heterocycles. The Kier molecular flexibility index (Phi) is 6.28. The number of benzene rings is 1. The number of halogens is 3. The molecule has 0 bridgehead atoms. The molecule has 148 valence electrons.